The van der Waals surface area contributed by atoms with Crippen molar-refractivity contribution in [3.8, 4) is 0 Å². The number of esters is 1. The lowest BCUT2D eigenvalue weighted by molar-refractivity contribution is -0.136. The van der Waals surface area contributed by atoms with Gasteiger partial charge in [-0.25, -0.2) is 9.18 Å². The standard InChI is InChI=1S/C11H11FN2O3/c1-7(15)10(11(16)17-2)14-13-9-5-3-8(12)4-6-9/h3-6,15H,1-2H3/b10-7+,14-13?. The maximum absolute atomic E-state index is 12.6. The number of nitrogens with zero attached hydrogens (tertiary/aromatic N) is 2. The highest BCUT2D eigenvalue weighted by atomic mass is 19.1. The molecule has 0 aromatic heterocycles. The summed E-state index contributed by atoms with van der Waals surface area (Å²) in [6, 6.07) is 5.20. The van der Waals surface area contributed by atoms with Crippen molar-refractivity contribution in [2.45, 2.75) is 6.92 Å². The molecule has 1 aromatic carbocycles. The smallest absolute Gasteiger partial charge is 0.362 e. The summed E-state index contributed by atoms with van der Waals surface area (Å²) in [4.78, 5) is 11.2. The molecule has 0 aliphatic carbocycles. The summed E-state index contributed by atoms with van der Waals surface area (Å²) in [6.07, 6.45) is 0. The minimum absolute atomic E-state index is 0.295. The van der Waals surface area contributed by atoms with Crippen molar-refractivity contribution in [2.75, 3.05) is 7.11 Å². The van der Waals surface area contributed by atoms with E-state index in [-0.39, 0.29) is 11.5 Å². The van der Waals surface area contributed by atoms with Gasteiger partial charge >= 0.3 is 5.97 Å². The Morgan fingerprint density at radius 1 is 1.35 bits per heavy atom. The third-order valence-corrected chi connectivity index (χ3v) is 1.81. The van der Waals surface area contributed by atoms with Crippen molar-refractivity contribution in [3.63, 3.8) is 0 Å². The van der Waals surface area contributed by atoms with Crippen LogP contribution < -0.4 is 0 Å². The van der Waals surface area contributed by atoms with Gasteiger partial charge < -0.3 is 9.84 Å². The number of aliphatic hydroxyl groups is 1. The molecular formula is C11H11FN2O3. The van der Waals surface area contributed by atoms with Crippen molar-refractivity contribution in [1.29, 1.82) is 0 Å². The maximum Gasteiger partial charge on any atom is 0.362 e. The van der Waals surface area contributed by atoms with Gasteiger partial charge in [-0.05, 0) is 31.2 Å². The lowest BCUT2D eigenvalue weighted by atomic mass is 10.3. The number of aliphatic hydroxyl groups excluding tert-OH is 1. The largest absolute Gasteiger partial charge is 0.510 e. The third kappa shape index (κ3) is 3.67. The molecule has 6 heteroatoms. The van der Waals surface area contributed by atoms with Gasteiger partial charge in [0.2, 0.25) is 5.70 Å². The van der Waals surface area contributed by atoms with Gasteiger partial charge in [0.05, 0.1) is 12.8 Å². The Kier molecular flexibility index (Phi) is 4.33. The normalized spacial score (nSPS) is 12.4. The maximum atomic E-state index is 12.6. The molecule has 0 radical (unpaired) electrons. The summed E-state index contributed by atoms with van der Waals surface area (Å²) >= 11 is 0. The molecule has 1 aromatic rings. The monoisotopic (exact) mass is 238 g/mol. The molecule has 0 aliphatic heterocycles. The van der Waals surface area contributed by atoms with Crippen LogP contribution in [-0.4, -0.2) is 18.2 Å². The van der Waals surface area contributed by atoms with Crippen molar-refractivity contribution < 1.29 is 19.0 Å². The fourth-order valence-corrected chi connectivity index (χ4v) is 0.973. The Bertz CT molecular complexity index is 462. The molecule has 0 aliphatic rings. The number of carbonyl (C=O) groups excluding carboxylic acids is 1. The van der Waals surface area contributed by atoms with Crippen molar-refractivity contribution in [3.05, 3.63) is 41.5 Å². The minimum atomic E-state index is -0.795. The molecule has 17 heavy (non-hydrogen) atoms. The van der Waals surface area contributed by atoms with Crippen LogP contribution in [0.1, 0.15) is 6.92 Å². The number of rotatable bonds is 3. The van der Waals surface area contributed by atoms with Crippen LogP contribution in [0.3, 0.4) is 0 Å². The molecule has 5 nitrogen and oxygen atoms in total. The molecular weight excluding hydrogens is 227 g/mol. The summed E-state index contributed by atoms with van der Waals surface area (Å²) < 4.78 is 17.0. The first-order valence-electron chi connectivity index (χ1n) is 4.70. The predicted octanol–water partition coefficient (Wildman–Crippen LogP) is 2.87. The van der Waals surface area contributed by atoms with Crippen LogP contribution in [0.15, 0.2) is 46.0 Å². The first-order valence-corrected chi connectivity index (χ1v) is 4.70. The number of methoxy groups -OCH3 is 1. The van der Waals surface area contributed by atoms with Crippen LogP contribution in [0, 0.1) is 5.82 Å². The summed E-state index contributed by atoms with van der Waals surface area (Å²) in [5, 5.41) is 16.4. The predicted molar refractivity (Wildman–Crippen MR) is 58.3 cm³/mol. The summed E-state index contributed by atoms with van der Waals surface area (Å²) in [5.74, 6) is -1.50. The van der Waals surface area contributed by atoms with Gasteiger partial charge in [-0.3, -0.25) is 0 Å². The second-order valence-corrected chi connectivity index (χ2v) is 3.10. The van der Waals surface area contributed by atoms with Crippen LogP contribution >= 0.6 is 0 Å². The lowest BCUT2D eigenvalue weighted by Crippen LogP contribution is -2.04. The number of allylic oxidation sites excluding steroid dienone is 1. The molecule has 0 atom stereocenters. The Morgan fingerprint density at radius 3 is 2.41 bits per heavy atom. The highest BCUT2D eigenvalue weighted by Gasteiger charge is 2.12. The van der Waals surface area contributed by atoms with Gasteiger partial charge in [-0.15, -0.1) is 5.11 Å². The third-order valence-electron chi connectivity index (χ3n) is 1.81. The molecule has 1 N–H and O–H groups in total. The molecule has 0 amide bonds. The summed E-state index contributed by atoms with van der Waals surface area (Å²) in [5.41, 5.74) is 0.0610. The number of hydrogen-bond acceptors (Lipinski definition) is 5. The van der Waals surface area contributed by atoms with E-state index in [0.717, 1.165) is 0 Å². The fraction of sp³-hybridized carbons (Fsp3) is 0.182. The summed E-state index contributed by atoms with van der Waals surface area (Å²) in [7, 11) is 1.17. The zero-order valence-electron chi connectivity index (χ0n) is 9.35. The fourth-order valence-electron chi connectivity index (χ4n) is 0.973. The van der Waals surface area contributed by atoms with Gasteiger partial charge in [-0.1, -0.05) is 0 Å². The van der Waals surface area contributed by atoms with Gasteiger partial charge in [0.15, 0.2) is 0 Å². The van der Waals surface area contributed by atoms with Gasteiger partial charge in [-0.2, -0.15) is 5.11 Å². The van der Waals surface area contributed by atoms with E-state index in [1.807, 2.05) is 0 Å². The van der Waals surface area contributed by atoms with E-state index < -0.39 is 11.8 Å². The Labute approximate surface area is 97.2 Å². The first-order chi connectivity index (χ1) is 8.04. The van der Waals surface area contributed by atoms with Crippen LogP contribution in [0.25, 0.3) is 0 Å². The molecule has 0 heterocycles. The number of halogens is 1. The van der Waals surface area contributed by atoms with E-state index >= 15 is 0 Å². The first kappa shape index (κ1) is 12.8. The zero-order valence-corrected chi connectivity index (χ0v) is 9.35. The molecule has 1 rings (SSSR count). The van der Waals surface area contributed by atoms with Crippen LogP contribution in [-0.2, 0) is 9.53 Å². The Morgan fingerprint density at radius 2 is 1.94 bits per heavy atom. The SMILES string of the molecule is COC(=O)/C(N=Nc1ccc(F)cc1)=C(/C)O. The second-order valence-electron chi connectivity index (χ2n) is 3.10. The van der Waals surface area contributed by atoms with E-state index in [1.54, 1.807) is 0 Å². The molecule has 0 spiro atoms. The number of carbonyl (C=O) groups is 1. The second kappa shape index (κ2) is 5.74. The van der Waals surface area contributed by atoms with Gasteiger partial charge in [0, 0.05) is 0 Å². The topological polar surface area (TPSA) is 71.2 Å². The molecule has 0 saturated heterocycles. The molecule has 0 bridgehead atoms. The average Bonchev–Trinajstić information content (AvgIpc) is 2.31. The molecule has 0 fully saturated rings. The van der Waals surface area contributed by atoms with Gasteiger partial charge in [0.25, 0.3) is 0 Å². The zero-order chi connectivity index (χ0) is 12.8. The van der Waals surface area contributed by atoms with Gasteiger partial charge in [0.1, 0.15) is 11.6 Å². The quantitative estimate of drug-likeness (QED) is 0.381. The summed E-state index contributed by atoms with van der Waals surface area (Å²) in [6.45, 7) is 1.29. The number of ether oxygens (including phenoxy) is 1. The number of hydrogen-bond donors (Lipinski definition) is 1. The van der Waals surface area contributed by atoms with E-state index in [0.29, 0.717) is 5.69 Å². The number of azo groups is 1. The van der Waals surface area contributed by atoms with E-state index in [9.17, 15) is 14.3 Å². The highest BCUT2D eigenvalue weighted by molar-refractivity contribution is 5.88. The van der Waals surface area contributed by atoms with Crippen LogP contribution in [0.4, 0.5) is 10.1 Å². The Hall–Kier alpha value is -2.24. The minimum Gasteiger partial charge on any atom is -0.510 e. The van der Waals surface area contributed by atoms with E-state index in [1.165, 1.54) is 38.3 Å². The number of benzene rings is 1. The lowest BCUT2D eigenvalue weighted by Gasteiger charge is -1.99. The average molecular weight is 238 g/mol. The van der Waals surface area contributed by atoms with Crippen LogP contribution in [0.2, 0.25) is 0 Å². The highest BCUT2D eigenvalue weighted by Crippen LogP contribution is 2.15. The van der Waals surface area contributed by atoms with Crippen molar-refractivity contribution >= 4 is 11.7 Å². The Balaban J connectivity index is 2.92. The van der Waals surface area contributed by atoms with E-state index in [2.05, 4.69) is 15.0 Å². The molecule has 90 valence electrons. The van der Waals surface area contributed by atoms with Crippen LogP contribution in [0.5, 0.6) is 0 Å². The van der Waals surface area contributed by atoms with Crippen molar-refractivity contribution in [1.82, 2.24) is 0 Å². The molecule has 0 unspecified atom stereocenters. The van der Waals surface area contributed by atoms with Crippen molar-refractivity contribution in [2.24, 2.45) is 10.2 Å². The van der Waals surface area contributed by atoms with E-state index in [4.69, 9.17) is 0 Å². The molecule has 0 saturated carbocycles.